The number of aromatic nitrogens is 3. The van der Waals surface area contributed by atoms with Crippen molar-refractivity contribution >= 4 is 17.7 Å². The lowest BCUT2D eigenvalue weighted by atomic mass is 10.3. The summed E-state index contributed by atoms with van der Waals surface area (Å²) in [6.07, 6.45) is 1.49. The largest absolute Gasteiger partial charge is 0.497 e. The topological polar surface area (TPSA) is 111 Å². The number of anilines is 2. The number of nitrogens with zero attached hydrogens (tertiary/aromatic N) is 3. The number of rotatable bonds is 8. The second kappa shape index (κ2) is 8.65. The molecule has 0 saturated heterocycles. The van der Waals surface area contributed by atoms with Crippen LogP contribution in [-0.4, -0.2) is 41.3 Å². The van der Waals surface area contributed by atoms with Crippen LogP contribution in [0.15, 0.2) is 47.1 Å². The first kappa shape index (κ1) is 18.2. The molecule has 2 heterocycles. The molecule has 9 heteroatoms. The molecule has 0 fully saturated rings. The summed E-state index contributed by atoms with van der Waals surface area (Å²) < 4.78 is 15.6. The summed E-state index contributed by atoms with van der Waals surface area (Å²) >= 11 is 0. The van der Waals surface area contributed by atoms with E-state index in [2.05, 4.69) is 25.8 Å². The first-order valence-corrected chi connectivity index (χ1v) is 8.22. The van der Waals surface area contributed by atoms with E-state index in [1.165, 1.54) is 12.3 Å². The number of hydrogen-bond acceptors (Lipinski definition) is 8. The van der Waals surface area contributed by atoms with Crippen LogP contribution in [-0.2, 0) is 0 Å². The number of benzene rings is 1. The molecule has 1 amide bonds. The Morgan fingerprint density at radius 1 is 1.19 bits per heavy atom. The van der Waals surface area contributed by atoms with Gasteiger partial charge in [0.15, 0.2) is 5.82 Å². The summed E-state index contributed by atoms with van der Waals surface area (Å²) in [5.41, 5.74) is 0.233. The summed E-state index contributed by atoms with van der Waals surface area (Å²) in [5.74, 6) is 2.51. The van der Waals surface area contributed by atoms with Gasteiger partial charge in [0.1, 0.15) is 29.6 Å². The van der Waals surface area contributed by atoms with E-state index in [4.69, 9.17) is 14.0 Å². The zero-order chi connectivity index (χ0) is 19.1. The fourth-order valence-corrected chi connectivity index (χ4v) is 2.18. The van der Waals surface area contributed by atoms with Crippen molar-refractivity contribution in [3.8, 4) is 11.5 Å². The van der Waals surface area contributed by atoms with Gasteiger partial charge in [-0.3, -0.25) is 4.79 Å². The Hall–Kier alpha value is -3.62. The van der Waals surface area contributed by atoms with Crippen molar-refractivity contribution in [3.63, 3.8) is 0 Å². The van der Waals surface area contributed by atoms with Crippen LogP contribution >= 0.6 is 0 Å². The second-order valence-corrected chi connectivity index (χ2v) is 5.49. The van der Waals surface area contributed by atoms with Gasteiger partial charge in [0, 0.05) is 12.3 Å². The van der Waals surface area contributed by atoms with Crippen molar-refractivity contribution in [2.75, 3.05) is 25.6 Å². The van der Waals surface area contributed by atoms with Crippen molar-refractivity contribution in [2.45, 2.75) is 6.92 Å². The standard InChI is InChI=1S/C18H19N5O4/c1-12-11-16(23-27-12)22-18-20-8-7-15(21-18)17(24)19-9-10-26-14-5-3-13(25-2)4-6-14/h3-8,11H,9-10H2,1-2H3,(H,19,24)(H,20,21,22,23). The van der Waals surface area contributed by atoms with E-state index in [0.29, 0.717) is 30.5 Å². The third kappa shape index (κ3) is 5.18. The molecule has 0 bridgehead atoms. The average molecular weight is 369 g/mol. The normalized spacial score (nSPS) is 10.3. The number of carbonyl (C=O) groups is 1. The van der Waals surface area contributed by atoms with Crippen LogP contribution in [0.25, 0.3) is 0 Å². The van der Waals surface area contributed by atoms with Gasteiger partial charge in [-0.1, -0.05) is 5.16 Å². The number of amides is 1. The molecule has 0 radical (unpaired) electrons. The molecule has 2 N–H and O–H groups in total. The summed E-state index contributed by atoms with van der Waals surface area (Å²) in [5, 5.41) is 9.42. The highest BCUT2D eigenvalue weighted by molar-refractivity contribution is 5.92. The SMILES string of the molecule is COc1ccc(OCCNC(=O)c2ccnc(Nc3cc(C)on3)n2)cc1. The van der Waals surface area contributed by atoms with Crippen molar-refractivity contribution < 1.29 is 18.8 Å². The Balaban J connectivity index is 1.48. The first-order valence-electron chi connectivity index (χ1n) is 8.22. The quantitative estimate of drug-likeness (QED) is 0.582. The molecule has 0 aliphatic rings. The Morgan fingerprint density at radius 2 is 1.96 bits per heavy atom. The molecule has 27 heavy (non-hydrogen) atoms. The molecular formula is C18H19N5O4. The lowest BCUT2D eigenvalue weighted by Gasteiger charge is -2.08. The molecule has 140 valence electrons. The van der Waals surface area contributed by atoms with Crippen molar-refractivity contribution in [2.24, 2.45) is 0 Å². The van der Waals surface area contributed by atoms with Gasteiger partial charge in [0.25, 0.3) is 5.91 Å². The summed E-state index contributed by atoms with van der Waals surface area (Å²) in [6.45, 7) is 2.43. The van der Waals surface area contributed by atoms with E-state index >= 15 is 0 Å². The second-order valence-electron chi connectivity index (χ2n) is 5.49. The number of hydrogen-bond donors (Lipinski definition) is 2. The van der Waals surface area contributed by atoms with Gasteiger partial charge in [-0.25, -0.2) is 9.97 Å². The molecule has 0 unspecified atom stereocenters. The van der Waals surface area contributed by atoms with Crippen LogP contribution < -0.4 is 20.1 Å². The van der Waals surface area contributed by atoms with E-state index in [1.807, 2.05) is 0 Å². The van der Waals surface area contributed by atoms with Crippen molar-refractivity contribution in [1.29, 1.82) is 0 Å². The van der Waals surface area contributed by atoms with Gasteiger partial charge in [-0.15, -0.1) is 0 Å². The van der Waals surface area contributed by atoms with Gasteiger partial charge >= 0.3 is 0 Å². The molecule has 3 aromatic rings. The van der Waals surface area contributed by atoms with Gasteiger partial charge < -0.3 is 24.6 Å². The molecular weight excluding hydrogens is 350 g/mol. The van der Waals surface area contributed by atoms with Gasteiger partial charge in [-0.2, -0.15) is 0 Å². The molecule has 0 spiro atoms. The third-order valence-electron chi connectivity index (χ3n) is 3.47. The Labute approximate surface area is 155 Å². The number of aryl methyl sites for hydroxylation is 1. The fourth-order valence-electron chi connectivity index (χ4n) is 2.18. The van der Waals surface area contributed by atoms with Crippen LogP contribution in [0.2, 0.25) is 0 Å². The van der Waals surface area contributed by atoms with E-state index in [0.717, 1.165) is 5.75 Å². The summed E-state index contributed by atoms with van der Waals surface area (Å²) in [7, 11) is 1.60. The van der Waals surface area contributed by atoms with E-state index in [-0.39, 0.29) is 17.5 Å². The molecule has 0 atom stereocenters. The fraction of sp³-hybridized carbons (Fsp3) is 0.222. The van der Waals surface area contributed by atoms with E-state index in [1.54, 1.807) is 44.4 Å². The minimum atomic E-state index is -0.324. The van der Waals surface area contributed by atoms with E-state index in [9.17, 15) is 4.79 Å². The molecule has 0 aliphatic carbocycles. The minimum Gasteiger partial charge on any atom is -0.497 e. The van der Waals surface area contributed by atoms with Crippen molar-refractivity contribution in [3.05, 3.63) is 54.0 Å². The predicted octanol–water partition coefficient (Wildman–Crippen LogP) is 2.33. The minimum absolute atomic E-state index is 0.233. The maximum absolute atomic E-state index is 12.2. The highest BCUT2D eigenvalue weighted by Crippen LogP contribution is 2.16. The van der Waals surface area contributed by atoms with Gasteiger partial charge in [-0.05, 0) is 37.3 Å². The smallest absolute Gasteiger partial charge is 0.270 e. The average Bonchev–Trinajstić information content (AvgIpc) is 3.10. The Bertz CT molecular complexity index is 895. The maximum atomic E-state index is 12.2. The van der Waals surface area contributed by atoms with Crippen LogP contribution in [0, 0.1) is 6.92 Å². The molecule has 3 rings (SSSR count). The van der Waals surface area contributed by atoms with Crippen LogP contribution in [0.5, 0.6) is 11.5 Å². The number of nitrogens with one attached hydrogen (secondary N) is 2. The summed E-state index contributed by atoms with van der Waals surface area (Å²) in [6, 6.07) is 10.4. The van der Waals surface area contributed by atoms with Crippen molar-refractivity contribution in [1.82, 2.24) is 20.4 Å². The molecule has 2 aromatic heterocycles. The van der Waals surface area contributed by atoms with E-state index < -0.39 is 0 Å². The van der Waals surface area contributed by atoms with Crippen LogP contribution in [0.3, 0.4) is 0 Å². The Morgan fingerprint density at radius 3 is 2.67 bits per heavy atom. The highest BCUT2D eigenvalue weighted by atomic mass is 16.5. The zero-order valence-electron chi connectivity index (χ0n) is 14.9. The summed E-state index contributed by atoms with van der Waals surface area (Å²) in [4.78, 5) is 20.4. The lowest BCUT2D eigenvalue weighted by molar-refractivity contribution is 0.0942. The molecule has 9 nitrogen and oxygen atoms in total. The predicted molar refractivity (Wildman–Crippen MR) is 97.4 cm³/mol. The van der Waals surface area contributed by atoms with Crippen LogP contribution in [0.1, 0.15) is 16.2 Å². The first-order chi connectivity index (χ1) is 13.1. The van der Waals surface area contributed by atoms with Crippen LogP contribution in [0.4, 0.5) is 11.8 Å². The number of methoxy groups -OCH3 is 1. The van der Waals surface area contributed by atoms with Gasteiger partial charge in [0.05, 0.1) is 13.7 Å². The van der Waals surface area contributed by atoms with Gasteiger partial charge in [0.2, 0.25) is 5.95 Å². The highest BCUT2D eigenvalue weighted by Gasteiger charge is 2.09. The zero-order valence-corrected chi connectivity index (χ0v) is 14.9. The monoisotopic (exact) mass is 369 g/mol. The number of ether oxygens (including phenoxy) is 2. The Kier molecular flexibility index (Phi) is 5.83. The molecule has 0 aliphatic heterocycles. The molecule has 0 saturated carbocycles. The number of carbonyl (C=O) groups excluding carboxylic acids is 1. The maximum Gasteiger partial charge on any atom is 0.270 e. The lowest BCUT2D eigenvalue weighted by Crippen LogP contribution is -2.29. The third-order valence-corrected chi connectivity index (χ3v) is 3.47. The molecule has 1 aromatic carbocycles.